The van der Waals surface area contributed by atoms with Gasteiger partial charge in [0.2, 0.25) is 11.8 Å². The zero-order valence-corrected chi connectivity index (χ0v) is 15.3. The molecule has 140 valence electrons. The van der Waals surface area contributed by atoms with Gasteiger partial charge in [-0.25, -0.2) is 4.39 Å². The molecule has 1 N–H and O–H groups in total. The Morgan fingerprint density at radius 1 is 1.23 bits per heavy atom. The van der Waals surface area contributed by atoms with Crippen LogP contribution in [0.1, 0.15) is 32.1 Å². The number of carbonyl (C=O) groups is 2. The molecule has 0 spiro atoms. The highest BCUT2D eigenvalue weighted by Gasteiger charge is 2.38. The van der Waals surface area contributed by atoms with E-state index in [1.165, 1.54) is 23.1 Å². The highest BCUT2D eigenvalue weighted by Crippen LogP contribution is 2.32. The summed E-state index contributed by atoms with van der Waals surface area (Å²) in [5, 5.41) is 12.2. The van der Waals surface area contributed by atoms with E-state index in [2.05, 4.69) is 11.4 Å². The number of likely N-dealkylation sites (N-methyl/N-ethyl adjacent to an activating group) is 2. The van der Waals surface area contributed by atoms with Gasteiger partial charge < -0.3 is 10.2 Å². The Balaban J connectivity index is 1.88. The predicted octanol–water partition coefficient (Wildman–Crippen LogP) is 2.38. The van der Waals surface area contributed by atoms with Gasteiger partial charge in [0.15, 0.2) is 0 Å². The summed E-state index contributed by atoms with van der Waals surface area (Å²) >= 11 is 0. The largest absolute Gasteiger partial charge is 0.326 e. The fourth-order valence-corrected chi connectivity index (χ4v) is 3.30. The molecule has 1 aliphatic rings. The minimum Gasteiger partial charge on any atom is -0.326 e. The van der Waals surface area contributed by atoms with Gasteiger partial charge in [-0.3, -0.25) is 14.5 Å². The number of hydrogen-bond donors (Lipinski definition) is 1. The second kappa shape index (κ2) is 8.77. The molecule has 6 nitrogen and oxygen atoms in total. The second-order valence-corrected chi connectivity index (χ2v) is 6.89. The number of carbonyl (C=O) groups excluding carboxylic acids is 2. The molecule has 1 fully saturated rings. The highest BCUT2D eigenvalue weighted by molar-refractivity contribution is 5.92. The van der Waals surface area contributed by atoms with E-state index in [0.29, 0.717) is 18.5 Å². The minimum absolute atomic E-state index is 0.00432. The van der Waals surface area contributed by atoms with Crippen molar-refractivity contribution in [1.82, 2.24) is 9.80 Å². The van der Waals surface area contributed by atoms with Crippen LogP contribution in [0.15, 0.2) is 24.3 Å². The molecular formula is C19H25FN4O2. The summed E-state index contributed by atoms with van der Waals surface area (Å²) in [6.07, 6.45) is 4.35. The molecule has 1 aromatic carbocycles. The lowest BCUT2D eigenvalue weighted by atomic mass is 9.81. The van der Waals surface area contributed by atoms with E-state index in [1.807, 2.05) is 0 Å². The van der Waals surface area contributed by atoms with Crippen molar-refractivity contribution < 1.29 is 14.0 Å². The fraction of sp³-hybridized carbons (Fsp3) is 0.526. The molecule has 1 aliphatic carbocycles. The van der Waals surface area contributed by atoms with Crippen LogP contribution in [0.4, 0.5) is 10.1 Å². The molecule has 0 heterocycles. The van der Waals surface area contributed by atoms with Crippen molar-refractivity contribution in [2.45, 2.75) is 37.6 Å². The van der Waals surface area contributed by atoms with E-state index in [1.54, 1.807) is 25.1 Å². The summed E-state index contributed by atoms with van der Waals surface area (Å²) in [5.41, 5.74) is -0.363. The van der Waals surface area contributed by atoms with Crippen molar-refractivity contribution in [3.05, 3.63) is 30.1 Å². The summed E-state index contributed by atoms with van der Waals surface area (Å²) in [6.45, 7) is 0.0339. The Labute approximate surface area is 153 Å². The summed E-state index contributed by atoms with van der Waals surface area (Å²) in [5.74, 6) is -0.946. The molecule has 0 radical (unpaired) electrons. The quantitative estimate of drug-likeness (QED) is 0.845. The molecule has 7 heteroatoms. The summed E-state index contributed by atoms with van der Waals surface area (Å²) in [4.78, 5) is 27.7. The lowest BCUT2D eigenvalue weighted by Gasteiger charge is -2.39. The Hall–Kier alpha value is -2.46. The first kappa shape index (κ1) is 19.9. The molecular weight excluding hydrogens is 335 g/mol. The predicted molar refractivity (Wildman–Crippen MR) is 96.7 cm³/mol. The monoisotopic (exact) mass is 360 g/mol. The number of halogens is 1. The lowest BCUT2D eigenvalue weighted by molar-refractivity contribution is -0.136. The van der Waals surface area contributed by atoms with E-state index in [4.69, 9.17) is 0 Å². The van der Waals surface area contributed by atoms with Crippen LogP contribution >= 0.6 is 0 Å². The van der Waals surface area contributed by atoms with Gasteiger partial charge in [-0.1, -0.05) is 25.3 Å². The fourth-order valence-electron chi connectivity index (χ4n) is 3.30. The average molecular weight is 360 g/mol. The van der Waals surface area contributed by atoms with Crippen molar-refractivity contribution in [3.8, 4) is 6.07 Å². The minimum atomic E-state index is -0.736. The Morgan fingerprint density at radius 2 is 1.92 bits per heavy atom. The average Bonchev–Trinajstić information content (AvgIpc) is 2.61. The van der Waals surface area contributed by atoms with Crippen LogP contribution in [0.2, 0.25) is 0 Å². The zero-order chi connectivity index (χ0) is 19.2. The Bertz CT molecular complexity index is 695. The molecule has 1 aromatic rings. The first-order valence-electron chi connectivity index (χ1n) is 8.78. The smallest absolute Gasteiger partial charge is 0.238 e. The van der Waals surface area contributed by atoms with Gasteiger partial charge >= 0.3 is 0 Å². The molecule has 2 rings (SSSR count). The molecule has 0 aromatic heterocycles. The third-order valence-corrected chi connectivity index (χ3v) is 4.83. The highest BCUT2D eigenvalue weighted by atomic mass is 19.1. The molecule has 0 aliphatic heterocycles. The van der Waals surface area contributed by atoms with Gasteiger partial charge in [0.05, 0.1) is 19.2 Å². The van der Waals surface area contributed by atoms with Crippen LogP contribution in [-0.4, -0.2) is 54.3 Å². The van der Waals surface area contributed by atoms with E-state index >= 15 is 0 Å². The van der Waals surface area contributed by atoms with Crippen LogP contribution in [0.5, 0.6) is 0 Å². The van der Waals surface area contributed by atoms with E-state index in [9.17, 15) is 19.2 Å². The van der Waals surface area contributed by atoms with Gasteiger partial charge in [0, 0.05) is 12.7 Å². The number of hydrogen-bond acceptors (Lipinski definition) is 4. The third-order valence-electron chi connectivity index (χ3n) is 4.83. The molecule has 0 bridgehead atoms. The lowest BCUT2D eigenvalue weighted by Crippen LogP contribution is -2.52. The number of nitriles is 1. The number of amides is 2. The first-order chi connectivity index (χ1) is 12.4. The molecule has 0 atom stereocenters. The van der Waals surface area contributed by atoms with Crippen LogP contribution in [-0.2, 0) is 9.59 Å². The number of nitrogens with zero attached hydrogens (tertiary/aromatic N) is 3. The molecule has 2 amide bonds. The number of anilines is 1. The number of benzene rings is 1. The van der Waals surface area contributed by atoms with Gasteiger partial charge in [0.1, 0.15) is 11.4 Å². The van der Waals surface area contributed by atoms with Crippen molar-refractivity contribution in [2.75, 3.05) is 32.5 Å². The second-order valence-electron chi connectivity index (χ2n) is 6.89. The Morgan fingerprint density at radius 3 is 2.54 bits per heavy atom. The standard InChI is InChI=1S/C19H25FN4O2/c1-23(12-17(25)22-16-8-6-7-15(20)11-16)13-18(26)24(2)19(14-21)9-4-3-5-10-19/h6-8,11H,3-5,9-10,12-13H2,1-2H3,(H,22,25). The Kier molecular flexibility index (Phi) is 6.70. The van der Waals surface area contributed by atoms with Crippen molar-refractivity contribution >= 4 is 17.5 Å². The van der Waals surface area contributed by atoms with Gasteiger partial charge in [-0.05, 0) is 38.1 Å². The van der Waals surface area contributed by atoms with Crippen LogP contribution < -0.4 is 5.32 Å². The molecule has 0 saturated heterocycles. The molecule has 26 heavy (non-hydrogen) atoms. The van der Waals surface area contributed by atoms with Crippen molar-refractivity contribution in [1.29, 1.82) is 5.26 Å². The summed E-state index contributed by atoms with van der Waals surface area (Å²) in [6, 6.07) is 7.96. The van der Waals surface area contributed by atoms with Gasteiger partial charge in [-0.15, -0.1) is 0 Å². The van der Waals surface area contributed by atoms with Gasteiger partial charge in [0.25, 0.3) is 0 Å². The summed E-state index contributed by atoms with van der Waals surface area (Å²) in [7, 11) is 3.33. The van der Waals surface area contributed by atoms with E-state index in [0.717, 1.165) is 19.3 Å². The maximum atomic E-state index is 13.1. The van der Waals surface area contributed by atoms with Crippen LogP contribution in [0, 0.1) is 17.1 Å². The molecule has 1 saturated carbocycles. The SMILES string of the molecule is CN(CC(=O)Nc1cccc(F)c1)CC(=O)N(C)C1(C#N)CCCCC1. The van der Waals surface area contributed by atoms with Crippen LogP contribution in [0.25, 0.3) is 0 Å². The van der Waals surface area contributed by atoms with Crippen molar-refractivity contribution in [2.24, 2.45) is 0 Å². The third kappa shape index (κ3) is 5.02. The maximum absolute atomic E-state index is 13.1. The molecule has 0 unspecified atom stereocenters. The van der Waals surface area contributed by atoms with Crippen LogP contribution in [0.3, 0.4) is 0 Å². The summed E-state index contributed by atoms with van der Waals surface area (Å²) < 4.78 is 13.1. The number of rotatable bonds is 6. The zero-order valence-electron chi connectivity index (χ0n) is 15.3. The van der Waals surface area contributed by atoms with E-state index in [-0.39, 0.29) is 24.9 Å². The number of nitrogens with one attached hydrogen (secondary N) is 1. The van der Waals surface area contributed by atoms with Gasteiger partial charge in [-0.2, -0.15) is 5.26 Å². The maximum Gasteiger partial charge on any atom is 0.238 e. The van der Waals surface area contributed by atoms with E-state index < -0.39 is 11.4 Å². The first-order valence-corrected chi connectivity index (χ1v) is 8.78. The van der Waals surface area contributed by atoms with Crippen molar-refractivity contribution in [3.63, 3.8) is 0 Å². The normalized spacial score (nSPS) is 16.0. The topological polar surface area (TPSA) is 76.4 Å².